The van der Waals surface area contributed by atoms with E-state index < -0.39 is 0 Å². The van der Waals surface area contributed by atoms with E-state index in [0.717, 1.165) is 12.1 Å². The van der Waals surface area contributed by atoms with Gasteiger partial charge in [0.2, 0.25) is 0 Å². The lowest BCUT2D eigenvalue weighted by Crippen LogP contribution is -2.07. The van der Waals surface area contributed by atoms with Crippen molar-refractivity contribution in [3.05, 3.63) is 71.3 Å². The van der Waals surface area contributed by atoms with Crippen molar-refractivity contribution in [2.24, 2.45) is 10.2 Å². The monoisotopic (exact) mass is 247 g/mol. The second-order valence-electron chi connectivity index (χ2n) is 4.64. The molecule has 19 heavy (non-hydrogen) atoms. The summed E-state index contributed by atoms with van der Waals surface area (Å²) in [5, 5.41) is 17.4. The number of nitrogens with zero attached hydrogens (tertiary/aromatic N) is 3. The van der Waals surface area contributed by atoms with E-state index in [1.807, 2.05) is 42.5 Å². The van der Waals surface area contributed by atoms with E-state index in [1.54, 1.807) is 0 Å². The zero-order valence-electron chi connectivity index (χ0n) is 10.4. The highest BCUT2D eigenvalue weighted by Crippen LogP contribution is 2.38. The molecule has 1 heterocycles. The van der Waals surface area contributed by atoms with E-state index in [-0.39, 0.29) is 6.04 Å². The smallest absolute Gasteiger partial charge is 0.104 e. The predicted molar refractivity (Wildman–Crippen MR) is 72.8 cm³/mol. The summed E-state index contributed by atoms with van der Waals surface area (Å²) in [5.41, 5.74) is 3.06. The topological polar surface area (TPSA) is 48.5 Å². The molecular formula is C16H13N3. The Hall–Kier alpha value is -2.47. The minimum atomic E-state index is 0.0649. The van der Waals surface area contributed by atoms with Gasteiger partial charge in [-0.25, -0.2) is 0 Å². The molecule has 0 aliphatic carbocycles. The molecule has 2 atom stereocenters. The van der Waals surface area contributed by atoms with E-state index in [4.69, 9.17) is 5.26 Å². The third-order valence-electron chi connectivity index (χ3n) is 3.47. The molecule has 0 aromatic heterocycles. The molecule has 0 saturated carbocycles. The van der Waals surface area contributed by atoms with Crippen LogP contribution < -0.4 is 0 Å². The Balaban J connectivity index is 1.91. The van der Waals surface area contributed by atoms with Gasteiger partial charge < -0.3 is 0 Å². The molecule has 3 nitrogen and oxygen atoms in total. The van der Waals surface area contributed by atoms with Gasteiger partial charge in [0, 0.05) is 5.92 Å². The van der Waals surface area contributed by atoms with Crippen LogP contribution in [0.5, 0.6) is 0 Å². The van der Waals surface area contributed by atoms with Crippen LogP contribution in [0.4, 0.5) is 0 Å². The summed E-state index contributed by atoms with van der Waals surface area (Å²) in [6, 6.07) is 20.2. The van der Waals surface area contributed by atoms with Crippen molar-refractivity contribution in [3.8, 4) is 6.07 Å². The van der Waals surface area contributed by atoms with Gasteiger partial charge in [0.15, 0.2) is 0 Å². The first-order valence-corrected chi connectivity index (χ1v) is 6.30. The summed E-state index contributed by atoms with van der Waals surface area (Å²) < 4.78 is 0. The van der Waals surface area contributed by atoms with Gasteiger partial charge in [0.1, 0.15) is 6.04 Å². The van der Waals surface area contributed by atoms with Crippen LogP contribution >= 0.6 is 0 Å². The molecule has 0 radical (unpaired) electrons. The van der Waals surface area contributed by atoms with Crippen molar-refractivity contribution >= 4 is 0 Å². The molecule has 0 N–H and O–H groups in total. The van der Waals surface area contributed by atoms with Gasteiger partial charge in [-0.05, 0) is 23.3 Å². The molecule has 0 fully saturated rings. The van der Waals surface area contributed by atoms with Crippen LogP contribution in [0.3, 0.4) is 0 Å². The van der Waals surface area contributed by atoms with Crippen LogP contribution in [0.2, 0.25) is 0 Å². The third-order valence-corrected chi connectivity index (χ3v) is 3.47. The van der Waals surface area contributed by atoms with Gasteiger partial charge in [-0.3, -0.25) is 0 Å². The molecule has 3 rings (SSSR count). The molecule has 0 bridgehead atoms. The second kappa shape index (κ2) is 5.03. The molecule has 2 aromatic carbocycles. The van der Waals surface area contributed by atoms with Crippen LogP contribution in [-0.4, -0.2) is 6.54 Å². The highest BCUT2D eigenvalue weighted by molar-refractivity contribution is 5.35. The van der Waals surface area contributed by atoms with Gasteiger partial charge in [-0.1, -0.05) is 42.5 Å². The Morgan fingerprint density at radius 1 is 0.947 bits per heavy atom. The van der Waals surface area contributed by atoms with Gasteiger partial charge >= 0.3 is 0 Å². The lowest BCUT2D eigenvalue weighted by molar-refractivity contribution is 0.635. The van der Waals surface area contributed by atoms with Crippen molar-refractivity contribution in [3.63, 3.8) is 0 Å². The first-order valence-electron chi connectivity index (χ1n) is 6.30. The van der Waals surface area contributed by atoms with Crippen molar-refractivity contribution in [1.29, 1.82) is 5.26 Å². The zero-order valence-corrected chi connectivity index (χ0v) is 10.4. The van der Waals surface area contributed by atoms with E-state index in [2.05, 4.69) is 28.4 Å². The highest BCUT2D eigenvalue weighted by Gasteiger charge is 2.28. The van der Waals surface area contributed by atoms with Gasteiger partial charge in [0.25, 0.3) is 0 Å². The van der Waals surface area contributed by atoms with E-state index >= 15 is 0 Å². The van der Waals surface area contributed by atoms with Crippen LogP contribution in [0.1, 0.15) is 28.7 Å². The van der Waals surface area contributed by atoms with Crippen LogP contribution in [0, 0.1) is 11.3 Å². The summed E-state index contributed by atoms with van der Waals surface area (Å²) >= 11 is 0. The Labute approximate surface area is 112 Å². The standard InChI is InChI=1S/C16H13N3/c17-10-12-6-8-14(9-7-12)16-15(11-18-19-16)13-4-2-1-3-5-13/h1-9,15-16H,11H2. The number of nitriles is 1. The van der Waals surface area contributed by atoms with Crippen LogP contribution in [0.25, 0.3) is 0 Å². The predicted octanol–water partition coefficient (Wildman–Crippen LogP) is 3.85. The minimum absolute atomic E-state index is 0.0649. The Morgan fingerprint density at radius 2 is 1.68 bits per heavy atom. The average molecular weight is 247 g/mol. The number of hydrogen-bond donors (Lipinski definition) is 0. The summed E-state index contributed by atoms with van der Waals surface area (Å²) in [5.74, 6) is 0.300. The number of azo groups is 1. The maximum absolute atomic E-state index is 8.83. The van der Waals surface area contributed by atoms with Crippen LogP contribution in [0.15, 0.2) is 64.8 Å². The first-order chi connectivity index (χ1) is 9.38. The molecule has 3 heteroatoms. The second-order valence-corrected chi connectivity index (χ2v) is 4.64. The van der Waals surface area contributed by atoms with E-state index in [1.165, 1.54) is 5.56 Å². The summed E-state index contributed by atoms with van der Waals surface area (Å²) in [6.45, 7) is 0.731. The maximum atomic E-state index is 8.83. The molecular weight excluding hydrogens is 234 g/mol. The third kappa shape index (κ3) is 2.25. The lowest BCUT2D eigenvalue weighted by Gasteiger charge is -2.17. The molecule has 1 aliphatic rings. The quantitative estimate of drug-likeness (QED) is 0.795. The maximum Gasteiger partial charge on any atom is 0.104 e. The fourth-order valence-electron chi connectivity index (χ4n) is 2.45. The van der Waals surface area contributed by atoms with E-state index in [0.29, 0.717) is 11.5 Å². The van der Waals surface area contributed by atoms with Crippen LogP contribution in [-0.2, 0) is 0 Å². The minimum Gasteiger partial charge on any atom is -0.193 e. The molecule has 0 amide bonds. The van der Waals surface area contributed by atoms with Crippen molar-refractivity contribution in [2.45, 2.75) is 12.0 Å². The fourth-order valence-corrected chi connectivity index (χ4v) is 2.45. The van der Waals surface area contributed by atoms with Gasteiger partial charge in [0.05, 0.1) is 18.2 Å². The normalized spacial score (nSPS) is 21.2. The molecule has 2 aromatic rings. The number of rotatable bonds is 2. The highest BCUT2D eigenvalue weighted by atomic mass is 15.2. The zero-order chi connectivity index (χ0) is 13.1. The average Bonchev–Trinajstić information content (AvgIpc) is 2.98. The summed E-state index contributed by atoms with van der Waals surface area (Å²) in [7, 11) is 0. The Morgan fingerprint density at radius 3 is 2.37 bits per heavy atom. The number of hydrogen-bond acceptors (Lipinski definition) is 3. The largest absolute Gasteiger partial charge is 0.193 e. The Bertz CT molecular complexity index is 623. The number of benzene rings is 2. The van der Waals surface area contributed by atoms with E-state index in [9.17, 15) is 0 Å². The molecule has 0 spiro atoms. The van der Waals surface area contributed by atoms with Gasteiger partial charge in [-0.2, -0.15) is 15.5 Å². The van der Waals surface area contributed by atoms with Crippen molar-refractivity contribution in [2.75, 3.05) is 6.54 Å². The summed E-state index contributed by atoms with van der Waals surface area (Å²) in [4.78, 5) is 0. The molecule has 2 unspecified atom stereocenters. The van der Waals surface area contributed by atoms with Gasteiger partial charge in [-0.15, -0.1) is 0 Å². The van der Waals surface area contributed by atoms with Crippen molar-refractivity contribution < 1.29 is 0 Å². The Kier molecular flexibility index (Phi) is 3.07. The SMILES string of the molecule is N#Cc1ccc(C2N=NCC2c2ccccc2)cc1. The first kappa shape index (κ1) is 11.6. The molecule has 92 valence electrons. The molecule has 1 aliphatic heterocycles. The molecule has 0 saturated heterocycles. The fraction of sp³-hybridized carbons (Fsp3) is 0.188. The van der Waals surface area contributed by atoms with Crippen molar-refractivity contribution in [1.82, 2.24) is 0 Å². The lowest BCUT2D eigenvalue weighted by atomic mass is 9.88. The summed E-state index contributed by atoms with van der Waals surface area (Å²) in [6.07, 6.45) is 0.